The van der Waals surface area contributed by atoms with Crippen LogP contribution in [0.5, 0.6) is 0 Å². The van der Waals surface area contributed by atoms with Crippen molar-refractivity contribution in [3.63, 3.8) is 0 Å². The summed E-state index contributed by atoms with van der Waals surface area (Å²) in [6, 6.07) is 9.14. The minimum atomic E-state index is -0.192. The molecule has 1 N–H and O–H groups in total. The van der Waals surface area contributed by atoms with Crippen LogP contribution < -0.4 is 5.32 Å². The summed E-state index contributed by atoms with van der Waals surface area (Å²) in [4.78, 5) is 1.30. The molecule has 0 saturated heterocycles. The molecule has 1 atom stereocenters. The summed E-state index contributed by atoms with van der Waals surface area (Å²) in [5, 5.41) is 5.48. The fraction of sp³-hybridized carbons (Fsp3) is 0.286. The van der Waals surface area contributed by atoms with E-state index in [0.29, 0.717) is 0 Å². The number of likely N-dealkylation sites (N-methyl/N-ethyl adjacent to an activating group) is 1. The summed E-state index contributed by atoms with van der Waals surface area (Å²) >= 11 is 5.23. The number of thiophene rings is 1. The highest BCUT2D eigenvalue weighted by Gasteiger charge is 2.15. The first-order valence-corrected chi connectivity index (χ1v) is 7.58. The number of hydrogen-bond donors (Lipinski definition) is 1. The summed E-state index contributed by atoms with van der Waals surface area (Å²) in [6.45, 7) is 2.92. The van der Waals surface area contributed by atoms with Crippen LogP contribution >= 0.6 is 27.3 Å². The summed E-state index contributed by atoms with van der Waals surface area (Å²) in [5.41, 5.74) is 0.977. The van der Waals surface area contributed by atoms with Crippen LogP contribution in [0.1, 0.15) is 23.4 Å². The first kappa shape index (κ1) is 13.7. The van der Waals surface area contributed by atoms with Crippen LogP contribution in [-0.2, 0) is 6.42 Å². The zero-order valence-corrected chi connectivity index (χ0v) is 12.5. The van der Waals surface area contributed by atoms with Crippen molar-refractivity contribution in [2.75, 3.05) is 6.54 Å². The van der Waals surface area contributed by atoms with E-state index in [4.69, 9.17) is 0 Å². The van der Waals surface area contributed by atoms with Gasteiger partial charge in [-0.05, 0) is 41.8 Å². The van der Waals surface area contributed by atoms with Crippen LogP contribution in [0.4, 0.5) is 4.39 Å². The van der Waals surface area contributed by atoms with Gasteiger partial charge in [-0.3, -0.25) is 0 Å². The zero-order valence-electron chi connectivity index (χ0n) is 10.1. The molecule has 0 spiro atoms. The molecular weight excluding hydrogens is 313 g/mol. The van der Waals surface area contributed by atoms with E-state index < -0.39 is 0 Å². The van der Waals surface area contributed by atoms with Gasteiger partial charge in [0.25, 0.3) is 0 Å². The quantitative estimate of drug-likeness (QED) is 0.849. The van der Waals surface area contributed by atoms with E-state index in [1.165, 1.54) is 10.9 Å². The van der Waals surface area contributed by atoms with Crippen molar-refractivity contribution in [1.82, 2.24) is 5.32 Å². The van der Waals surface area contributed by atoms with Crippen LogP contribution in [0.25, 0.3) is 0 Å². The highest BCUT2D eigenvalue weighted by Crippen LogP contribution is 2.28. The number of rotatable bonds is 5. The van der Waals surface area contributed by atoms with Gasteiger partial charge in [0, 0.05) is 21.8 Å². The molecule has 96 valence electrons. The Kier molecular flexibility index (Phi) is 4.92. The lowest BCUT2D eigenvalue weighted by molar-refractivity contribution is 0.544. The van der Waals surface area contributed by atoms with Gasteiger partial charge in [0.2, 0.25) is 0 Å². The summed E-state index contributed by atoms with van der Waals surface area (Å²) in [6.07, 6.45) is 0.883. The molecule has 2 aromatic rings. The van der Waals surface area contributed by atoms with E-state index in [-0.39, 0.29) is 11.9 Å². The molecule has 0 radical (unpaired) electrons. The largest absolute Gasteiger partial charge is 0.310 e. The Bertz CT molecular complexity index is 499. The van der Waals surface area contributed by atoms with Crippen LogP contribution in [0.15, 0.2) is 40.2 Å². The third-order valence-corrected chi connectivity index (χ3v) is 4.39. The Morgan fingerprint density at radius 2 is 2.22 bits per heavy atom. The fourth-order valence-electron chi connectivity index (χ4n) is 1.95. The van der Waals surface area contributed by atoms with Crippen molar-refractivity contribution in [3.05, 3.63) is 56.4 Å². The van der Waals surface area contributed by atoms with Gasteiger partial charge < -0.3 is 5.32 Å². The minimum absolute atomic E-state index is 0.138. The summed E-state index contributed by atoms with van der Waals surface area (Å²) in [5.74, 6) is -0.192. The Labute approximate surface area is 119 Å². The lowest BCUT2D eigenvalue weighted by Crippen LogP contribution is -2.23. The SMILES string of the molecule is CCNC(Cc1cccs1)c1cc(F)ccc1Br. The standard InChI is InChI=1S/C14H15BrFNS/c1-2-17-14(9-11-4-3-7-18-11)12-8-10(16)5-6-13(12)15/h3-8,14,17H,2,9H2,1H3. The molecule has 1 unspecified atom stereocenters. The van der Waals surface area contributed by atoms with Crippen LogP contribution in [-0.4, -0.2) is 6.54 Å². The van der Waals surface area contributed by atoms with Gasteiger partial charge in [-0.25, -0.2) is 4.39 Å². The van der Waals surface area contributed by atoms with Gasteiger partial charge in [-0.1, -0.05) is 28.9 Å². The highest BCUT2D eigenvalue weighted by molar-refractivity contribution is 9.10. The topological polar surface area (TPSA) is 12.0 Å². The second-order valence-corrected chi connectivity index (χ2v) is 5.95. The lowest BCUT2D eigenvalue weighted by Gasteiger charge is -2.19. The van der Waals surface area contributed by atoms with Gasteiger partial charge in [0.05, 0.1) is 0 Å². The summed E-state index contributed by atoms with van der Waals surface area (Å²) < 4.78 is 14.3. The molecule has 0 aliphatic rings. The molecule has 0 saturated carbocycles. The molecule has 0 amide bonds. The van der Waals surface area contributed by atoms with E-state index >= 15 is 0 Å². The smallest absolute Gasteiger partial charge is 0.123 e. The third kappa shape index (κ3) is 3.40. The van der Waals surface area contributed by atoms with Crippen molar-refractivity contribution in [1.29, 1.82) is 0 Å². The van der Waals surface area contributed by atoms with Gasteiger partial charge >= 0.3 is 0 Å². The number of benzene rings is 1. The van der Waals surface area contributed by atoms with Crippen LogP contribution in [0.2, 0.25) is 0 Å². The number of nitrogens with one attached hydrogen (secondary N) is 1. The summed E-state index contributed by atoms with van der Waals surface area (Å²) in [7, 11) is 0. The maximum absolute atomic E-state index is 13.4. The van der Waals surface area contributed by atoms with Crippen molar-refractivity contribution < 1.29 is 4.39 Å². The van der Waals surface area contributed by atoms with Crippen LogP contribution in [0, 0.1) is 5.82 Å². The molecule has 0 aliphatic carbocycles. The van der Waals surface area contributed by atoms with Gasteiger partial charge in [-0.15, -0.1) is 11.3 Å². The molecule has 1 nitrogen and oxygen atoms in total. The second-order valence-electron chi connectivity index (χ2n) is 4.06. The predicted molar refractivity (Wildman–Crippen MR) is 78.5 cm³/mol. The molecule has 0 bridgehead atoms. The normalized spacial score (nSPS) is 12.6. The monoisotopic (exact) mass is 327 g/mol. The van der Waals surface area contributed by atoms with Crippen molar-refractivity contribution in [2.45, 2.75) is 19.4 Å². The second kappa shape index (κ2) is 6.45. The molecule has 1 aromatic heterocycles. The maximum atomic E-state index is 13.4. The van der Waals surface area contributed by atoms with Crippen molar-refractivity contribution in [2.24, 2.45) is 0 Å². The average Bonchev–Trinajstić information content (AvgIpc) is 2.85. The average molecular weight is 328 g/mol. The van der Waals surface area contributed by atoms with E-state index in [9.17, 15) is 4.39 Å². The highest BCUT2D eigenvalue weighted by atomic mass is 79.9. The Hall–Kier alpha value is -0.710. The molecule has 0 aliphatic heterocycles. The van der Waals surface area contributed by atoms with E-state index in [1.807, 2.05) is 6.07 Å². The molecule has 0 fully saturated rings. The fourth-order valence-corrected chi connectivity index (χ4v) is 3.22. The molecule has 1 heterocycles. The Morgan fingerprint density at radius 3 is 2.89 bits per heavy atom. The predicted octanol–water partition coefficient (Wildman–Crippen LogP) is 4.54. The molecule has 1 aromatic carbocycles. The van der Waals surface area contributed by atoms with E-state index in [0.717, 1.165) is 23.0 Å². The third-order valence-electron chi connectivity index (χ3n) is 2.77. The first-order valence-electron chi connectivity index (χ1n) is 5.91. The van der Waals surface area contributed by atoms with Crippen molar-refractivity contribution >= 4 is 27.3 Å². The van der Waals surface area contributed by atoms with Gasteiger partial charge in [-0.2, -0.15) is 0 Å². The zero-order chi connectivity index (χ0) is 13.0. The van der Waals surface area contributed by atoms with Crippen molar-refractivity contribution in [3.8, 4) is 0 Å². The maximum Gasteiger partial charge on any atom is 0.123 e. The first-order chi connectivity index (χ1) is 8.70. The Balaban J connectivity index is 2.26. The van der Waals surface area contributed by atoms with E-state index in [1.54, 1.807) is 23.5 Å². The molecule has 18 heavy (non-hydrogen) atoms. The van der Waals surface area contributed by atoms with Gasteiger partial charge in [0.15, 0.2) is 0 Å². The molecular formula is C14H15BrFNS. The molecule has 4 heteroatoms. The lowest BCUT2D eigenvalue weighted by atomic mass is 10.0. The Morgan fingerprint density at radius 1 is 1.39 bits per heavy atom. The van der Waals surface area contributed by atoms with Crippen LogP contribution in [0.3, 0.4) is 0 Å². The molecule has 2 rings (SSSR count). The number of hydrogen-bond acceptors (Lipinski definition) is 2. The van der Waals surface area contributed by atoms with Gasteiger partial charge in [0.1, 0.15) is 5.82 Å². The van der Waals surface area contributed by atoms with E-state index in [2.05, 4.69) is 39.6 Å². The number of halogens is 2. The minimum Gasteiger partial charge on any atom is -0.310 e.